The molecule has 43 heavy (non-hydrogen) atoms. The number of para-hydroxylation sites is 1. The molecule has 0 bridgehead atoms. The molecule has 11 nitrogen and oxygen atoms in total. The molecule has 0 radical (unpaired) electrons. The van der Waals surface area contributed by atoms with Gasteiger partial charge in [0, 0.05) is 31.0 Å². The summed E-state index contributed by atoms with van der Waals surface area (Å²) in [6.45, 7) is -0.847. The van der Waals surface area contributed by atoms with Gasteiger partial charge < -0.3 is 5.32 Å². The highest BCUT2D eigenvalue weighted by atomic mass is 32.2. The number of piperazine rings is 1. The van der Waals surface area contributed by atoms with Gasteiger partial charge in [-0.2, -0.15) is 8.61 Å². The van der Waals surface area contributed by atoms with Gasteiger partial charge in [0.2, 0.25) is 26.0 Å². The molecule has 5 rings (SSSR count). The van der Waals surface area contributed by atoms with Gasteiger partial charge in [-0.1, -0.05) is 54.6 Å². The third-order valence-electron chi connectivity index (χ3n) is 6.79. The van der Waals surface area contributed by atoms with E-state index in [0.717, 1.165) is 8.61 Å². The zero-order valence-corrected chi connectivity index (χ0v) is 25.1. The van der Waals surface area contributed by atoms with Crippen molar-refractivity contribution in [3.05, 3.63) is 115 Å². The minimum Gasteiger partial charge on any atom is -0.325 e. The van der Waals surface area contributed by atoms with Crippen LogP contribution in [0.2, 0.25) is 0 Å². The first-order valence-corrected chi connectivity index (χ1v) is 17.5. The molecular formula is C29H28N4O7S3. The summed E-state index contributed by atoms with van der Waals surface area (Å²) in [4.78, 5) is 13.6. The topological polar surface area (TPSA) is 150 Å². The molecule has 0 spiro atoms. The lowest BCUT2D eigenvalue weighted by atomic mass is 10.2. The lowest BCUT2D eigenvalue weighted by Gasteiger charge is -2.38. The van der Waals surface area contributed by atoms with Crippen LogP contribution in [0, 0.1) is 0 Å². The van der Waals surface area contributed by atoms with Crippen LogP contribution in [0.25, 0.3) is 0 Å². The van der Waals surface area contributed by atoms with Crippen molar-refractivity contribution in [1.82, 2.24) is 8.61 Å². The maximum atomic E-state index is 13.6. The van der Waals surface area contributed by atoms with Gasteiger partial charge in [-0.25, -0.2) is 25.3 Å². The highest BCUT2D eigenvalue weighted by Gasteiger charge is 2.43. The Labute approximate surface area is 250 Å². The van der Waals surface area contributed by atoms with Crippen LogP contribution in [0.4, 0.5) is 11.4 Å². The van der Waals surface area contributed by atoms with E-state index in [1.54, 1.807) is 66.7 Å². The maximum absolute atomic E-state index is 13.6. The molecule has 1 aliphatic rings. The summed E-state index contributed by atoms with van der Waals surface area (Å²) in [5.74, 6) is -0.773. The largest absolute Gasteiger partial charge is 0.325 e. The van der Waals surface area contributed by atoms with E-state index < -0.39 is 48.6 Å². The molecule has 1 fully saturated rings. The standard InChI is InChI=1S/C29H28N4O7S3/c34-29(30-23-16-18-25(19-17-23)41(35,36)31-24-10-4-1-5-11-24)28-22-32(42(37,38)26-12-6-2-7-13-26)20-21-33(28)43(39,40)27-14-8-3-9-15-27/h1-19,28,31H,20-22H2,(H,30,34). The minimum absolute atomic E-state index is 0.0226. The van der Waals surface area contributed by atoms with Crippen molar-refractivity contribution in [3.63, 3.8) is 0 Å². The van der Waals surface area contributed by atoms with E-state index in [1.165, 1.54) is 48.5 Å². The van der Waals surface area contributed by atoms with E-state index in [1.807, 2.05) is 0 Å². The molecule has 0 saturated carbocycles. The summed E-state index contributed by atoms with van der Waals surface area (Å²) in [5, 5.41) is 2.62. The predicted octanol–water partition coefficient (Wildman–Crippen LogP) is 3.19. The number of carbonyl (C=O) groups is 1. The fourth-order valence-electron chi connectivity index (χ4n) is 4.59. The molecule has 1 saturated heterocycles. The Kier molecular flexibility index (Phi) is 8.66. The number of rotatable bonds is 9. The Balaban J connectivity index is 1.40. The third kappa shape index (κ3) is 6.63. The van der Waals surface area contributed by atoms with Crippen LogP contribution in [-0.2, 0) is 34.9 Å². The zero-order valence-electron chi connectivity index (χ0n) is 22.6. The molecule has 2 N–H and O–H groups in total. The highest BCUT2D eigenvalue weighted by Crippen LogP contribution is 2.26. The Morgan fingerprint density at radius 3 is 1.65 bits per heavy atom. The number of sulfonamides is 3. The quantitative estimate of drug-likeness (QED) is 0.285. The average molecular weight is 641 g/mol. The fourth-order valence-corrected chi connectivity index (χ4v) is 8.70. The maximum Gasteiger partial charge on any atom is 0.261 e. The molecule has 4 aromatic rings. The Morgan fingerprint density at radius 1 is 0.581 bits per heavy atom. The van der Waals surface area contributed by atoms with Crippen LogP contribution >= 0.6 is 0 Å². The Hall–Kier alpha value is -4.08. The monoisotopic (exact) mass is 640 g/mol. The van der Waals surface area contributed by atoms with Gasteiger partial charge in [0.25, 0.3) is 10.0 Å². The van der Waals surface area contributed by atoms with Gasteiger partial charge in [-0.15, -0.1) is 0 Å². The Bertz CT molecular complexity index is 1910. The number of nitrogens with one attached hydrogen (secondary N) is 2. The lowest BCUT2D eigenvalue weighted by molar-refractivity contribution is -0.120. The van der Waals surface area contributed by atoms with Crippen LogP contribution in [0.3, 0.4) is 0 Å². The summed E-state index contributed by atoms with van der Waals surface area (Å²) in [5.41, 5.74) is 0.579. The molecule has 1 atom stereocenters. The van der Waals surface area contributed by atoms with Gasteiger partial charge in [-0.05, 0) is 60.7 Å². The first-order valence-electron chi connectivity index (χ1n) is 13.1. The smallest absolute Gasteiger partial charge is 0.261 e. The van der Waals surface area contributed by atoms with Crippen molar-refractivity contribution in [2.24, 2.45) is 0 Å². The lowest BCUT2D eigenvalue weighted by Crippen LogP contribution is -2.60. The van der Waals surface area contributed by atoms with Gasteiger partial charge in [0.1, 0.15) is 6.04 Å². The van der Waals surface area contributed by atoms with Crippen LogP contribution in [0.1, 0.15) is 0 Å². The minimum atomic E-state index is -4.17. The molecule has 1 heterocycles. The Morgan fingerprint density at radius 2 is 1.09 bits per heavy atom. The van der Waals surface area contributed by atoms with E-state index in [-0.39, 0.29) is 33.5 Å². The second kappa shape index (κ2) is 12.3. The van der Waals surface area contributed by atoms with Gasteiger partial charge in [0.05, 0.1) is 14.7 Å². The highest BCUT2D eigenvalue weighted by molar-refractivity contribution is 7.92. The van der Waals surface area contributed by atoms with E-state index in [2.05, 4.69) is 10.0 Å². The number of benzene rings is 4. The number of hydrogen-bond donors (Lipinski definition) is 2. The number of anilines is 2. The van der Waals surface area contributed by atoms with Crippen molar-refractivity contribution in [2.75, 3.05) is 29.7 Å². The first-order chi connectivity index (χ1) is 20.5. The molecule has 14 heteroatoms. The number of amides is 1. The molecule has 4 aromatic carbocycles. The molecule has 1 amide bonds. The predicted molar refractivity (Wildman–Crippen MR) is 162 cm³/mol. The fraction of sp³-hybridized carbons (Fsp3) is 0.138. The van der Waals surface area contributed by atoms with E-state index in [4.69, 9.17) is 0 Å². The molecule has 0 aliphatic carbocycles. The van der Waals surface area contributed by atoms with Gasteiger partial charge in [0.15, 0.2) is 0 Å². The first kappa shape index (κ1) is 30.4. The third-order valence-corrected chi connectivity index (χ3v) is 12.0. The van der Waals surface area contributed by atoms with Crippen LogP contribution in [0.15, 0.2) is 130 Å². The molecule has 1 aliphatic heterocycles. The van der Waals surface area contributed by atoms with E-state index >= 15 is 0 Å². The number of nitrogens with zero attached hydrogens (tertiary/aromatic N) is 2. The van der Waals surface area contributed by atoms with Crippen molar-refractivity contribution in [1.29, 1.82) is 0 Å². The normalized spacial score (nSPS) is 16.8. The molecule has 1 unspecified atom stereocenters. The van der Waals surface area contributed by atoms with Crippen molar-refractivity contribution in [3.8, 4) is 0 Å². The molecule has 224 valence electrons. The van der Waals surface area contributed by atoms with Crippen LogP contribution < -0.4 is 10.0 Å². The van der Waals surface area contributed by atoms with Gasteiger partial charge in [-0.3, -0.25) is 9.52 Å². The molecule has 0 aromatic heterocycles. The van der Waals surface area contributed by atoms with Crippen LogP contribution in [-0.4, -0.2) is 65.4 Å². The van der Waals surface area contributed by atoms with Crippen LogP contribution in [0.5, 0.6) is 0 Å². The second-order valence-corrected chi connectivity index (χ2v) is 15.1. The second-order valence-electron chi connectivity index (χ2n) is 9.61. The molecular weight excluding hydrogens is 613 g/mol. The van der Waals surface area contributed by atoms with Crippen molar-refractivity contribution >= 4 is 47.4 Å². The summed E-state index contributed by atoms with van der Waals surface area (Å²) in [6.07, 6.45) is 0. The summed E-state index contributed by atoms with van der Waals surface area (Å²) >= 11 is 0. The zero-order chi connectivity index (χ0) is 30.7. The van der Waals surface area contributed by atoms with Crippen molar-refractivity contribution in [2.45, 2.75) is 20.7 Å². The van der Waals surface area contributed by atoms with Gasteiger partial charge >= 0.3 is 0 Å². The summed E-state index contributed by atoms with van der Waals surface area (Å²) < 4.78 is 84.0. The number of carbonyl (C=O) groups excluding carboxylic acids is 1. The number of hydrogen-bond acceptors (Lipinski definition) is 7. The van der Waals surface area contributed by atoms with E-state index in [9.17, 15) is 30.0 Å². The van der Waals surface area contributed by atoms with E-state index in [0.29, 0.717) is 5.69 Å². The SMILES string of the molecule is O=C(Nc1ccc(S(=O)(=O)Nc2ccccc2)cc1)C1CN(S(=O)(=O)c2ccccc2)CCN1S(=O)(=O)c1ccccc1. The summed E-state index contributed by atoms with van der Waals surface area (Å²) in [7, 11) is -12.1. The van der Waals surface area contributed by atoms with Crippen molar-refractivity contribution < 1.29 is 30.0 Å². The average Bonchev–Trinajstić information content (AvgIpc) is 3.02. The summed E-state index contributed by atoms with van der Waals surface area (Å²) in [6, 6.07) is 27.5.